The van der Waals surface area contributed by atoms with E-state index in [9.17, 15) is 9.59 Å². The lowest BCUT2D eigenvalue weighted by Crippen LogP contribution is -2.47. The second-order valence-electron chi connectivity index (χ2n) is 4.77. The molecule has 1 aliphatic rings. The molecule has 1 fully saturated rings. The molecule has 3 unspecified atom stereocenters. The van der Waals surface area contributed by atoms with E-state index >= 15 is 0 Å². The van der Waals surface area contributed by atoms with Gasteiger partial charge in [-0.3, -0.25) is 9.59 Å². The van der Waals surface area contributed by atoms with Crippen LogP contribution in [-0.2, 0) is 9.59 Å². The number of nitrogens with two attached hydrogens (primary N) is 1. The summed E-state index contributed by atoms with van der Waals surface area (Å²) >= 11 is 1.84. The summed E-state index contributed by atoms with van der Waals surface area (Å²) in [6, 6.07) is -0.518. The first-order valence-corrected chi connectivity index (χ1v) is 7.62. The molecule has 0 aliphatic heterocycles. The van der Waals surface area contributed by atoms with Crippen molar-refractivity contribution in [3.8, 4) is 0 Å². The van der Waals surface area contributed by atoms with Gasteiger partial charge in [0, 0.05) is 17.7 Å². The van der Waals surface area contributed by atoms with Crippen molar-refractivity contribution in [1.82, 2.24) is 5.32 Å². The number of thioether (sulfide) groups is 1. The zero-order valence-electron chi connectivity index (χ0n) is 10.7. The van der Waals surface area contributed by atoms with Crippen LogP contribution in [0.1, 0.15) is 38.5 Å². The zero-order chi connectivity index (χ0) is 13.5. The highest BCUT2D eigenvalue weighted by molar-refractivity contribution is 7.99. The van der Waals surface area contributed by atoms with E-state index in [2.05, 4.69) is 11.6 Å². The SMILES string of the molecule is CSC1CCCC(NC(=O)C(N)CCC(=O)O)C1. The standard InChI is InChI=1S/C12H22N2O3S/c1-18-9-4-2-3-8(7-9)14-12(17)10(13)5-6-11(15)16/h8-10H,2-7,13H2,1H3,(H,14,17)(H,15,16). The summed E-state index contributed by atoms with van der Waals surface area (Å²) in [5, 5.41) is 12.1. The molecule has 1 aliphatic carbocycles. The Labute approximate surface area is 112 Å². The molecule has 0 aromatic heterocycles. The number of rotatable bonds is 6. The molecule has 0 aromatic rings. The van der Waals surface area contributed by atoms with E-state index in [1.54, 1.807) is 0 Å². The normalized spacial score (nSPS) is 25.4. The molecular formula is C12H22N2O3S. The van der Waals surface area contributed by atoms with Gasteiger partial charge in [-0.2, -0.15) is 11.8 Å². The summed E-state index contributed by atoms with van der Waals surface area (Å²) < 4.78 is 0. The largest absolute Gasteiger partial charge is 0.481 e. The van der Waals surface area contributed by atoms with E-state index in [0.29, 0.717) is 5.25 Å². The number of carbonyl (C=O) groups is 2. The molecule has 0 heterocycles. The van der Waals surface area contributed by atoms with Gasteiger partial charge < -0.3 is 16.2 Å². The van der Waals surface area contributed by atoms with Gasteiger partial charge in [-0.25, -0.2) is 0 Å². The van der Waals surface area contributed by atoms with Gasteiger partial charge in [0.15, 0.2) is 0 Å². The van der Waals surface area contributed by atoms with Gasteiger partial charge in [0.25, 0.3) is 0 Å². The van der Waals surface area contributed by atoms with Crippen LogP contribution in [0.2, 0.25) is 0 Å². The Bertz CT molecular complexity index is 299. The topological polar surface area (TPSA) is 92.4 Å². The van der Waals surface area contributed by atoms with Gasteiger partial charge in [-0.05, 0) is 31.9 Å². The Hall–Kier alpha value is -0.750. The maximum Gasteiger partial charge on any atom is 0.303 e. The zero-order valence-corrected chi connectivity index (χ0v) is 11.5. The number of amides is 1. The molecule has 0 aromatic carbocycles. The van der Waals surface area contributed by atoms with Crippen molar-refractivity contribution in [2.24, 2.45) is 5.73 Å². The third-order valence-electron chi connectivity index (χ3n) is 3.31. The highest BCUT2D eigenvalue weighted by Crippen LogP contribution is 2.26. The molecule has 1 amide bonds. The summed E-state index contributed by atoms with van der Waals surface area (Å²) in [4.78, 5) is 22.2. The van der Waals surface area contributed by atoms with Crippen LogP contribution in [-0.4, -0.2) is 40.6 Å². The van der Waals surface area contributed by atoms with Crippen molar-refractivity contribution in [2.75, 3.05) is 6.26 Å². The van der Waals surface area contributed by atoms with Crippen molar-refractivity contribution in [1.29, 1.82) is 0 Å². The van der Waals surface area contributed by atoms with Crippen LogP contribution in [0.3, 0.4) is 0 Å². The second-order valence-corrected chi connectivity index (χ2v) is 5.91. The predicted molar refractivity (Wildman–Crippen MR) is 72.5 cm³/mol. The molecule has 4 N–H and O–H groups in total. The Balaban J connectivity index is 2.32. The highest BCUT2D eigenvalue weighted by atomic mass is 32.2. The fourth-order valence-electron chi connectivity index (χ4n) is 2.21. The highest BCUT2D eigenvalue weighted by Gasteiger charge is 2.24. The number of carboxylic acid groups (broad SMARTS) is 1. The van der Waals surface area contributed by atoms with Crippen LogP contribution in [0.4, 0.5) is 0 Å². The number of aliphatic carboxylic acids is 1. The molecule has 0 radical (unpaired) electrons. The van der Waals surface area contributed by atoms with Gasteiger partial charge in [0.05, 0.1) is 6.04 Å². The second kappa shape index (κ2) is 7.63. The van der Waals surface area contributed by atoms with Crippen LogP contribution in [0.15, 0.2) is 0 Å². The fraction of sp³-hybridized carbons (Fsp3) is 0.833. The lowest BCUT2D eigenvalue weighted by molar-refractivity contribution is -0.137. The van der Waals surface area contributed by atoms with Crippen LogP contribution < -0.4 is 11.1 Å². The molecule has 5 nitrogen and oxygen atoms in total. The van der Waals surface area contributed by atoms with Gasteiger partial charge in [0.1, 0.15) is 0 Å². The molecule has 104 valence electrons. The van der Waals surface area contributed by atoms with Crippen molar-refractivity contribution in [3.05, 3.63) is 0 Å². The van der Waals surface area contributed by atoms with E-state index < -0.39 is 12.0 Å². The molecule has 0 spiro atoms. The summed E-state index contributed by atoms with van der Waals surface area (Å²) in [6.07, 6.45) is 6.53. The third-order valence-corrected chi connectivity index (χ3v) is 4.41. The molecular weight excluding hydrogens is 252 g/mol. The number of carbonyl (C=O) groups excluding carboxylic acids is 1. The molecule has 1 saturated carbocycles. The van der Waals surface area contributed by atoms with Crippen molar-refractivity contribution >= 4 is 23.6 Å². The summed E-state index contributed by atoms with van der Waals surface area (Å²) in [5.41, 5.74) is 5.67. The summed E-state index contributed by atoms with van der Waals surface area (Å²) in [5.74, 6) is -1.14. The molecule has 1 rings (SSSR count). The van der Waals surface area contributed by atoms with Gasteiger partial charge in [-0.15, -0.1) is 0 Å². The minimum atomic E-state index is -0.918. The quantitative estimate of drug-likeness (QED) is 0.671. The minimum Gasteiger partial charge on any atom is -0.481 e. The number of nitrogens with one attached hydrogen (secondary N) is 1. The monoisotopic (exact) mass is 274 g/mol. The molecule has 3 atom stereocenters. The van der Waals surface area contributed by atoms with E-state index in [0.717, 1.165) is 19.3 Å². The molecule has 0 bridgehead atoms. The van der Waals surface area contributed by atoms with Crippen molar-refractivity contribution < 1.29 is 14.7 Å². The Morgan fingerprint density at radius 1 is 1.50 bits per heavy atom. The van der Waals surface area contributed by atoms with Gasteiger partial charge in [0.2, 0.25) is 5.91 Å². The first-order chi connectivity index (χ1) is 8.52. The van der Waals surface area contributed by atoms with E-state index in [4.69, 9.17) is 10.8 Å². The average molecular weight is 274 g/mol. The molecule has 18 heavy (non-hydrogen) atoms. The lowest BCUT2D eigenvalue weighted by Gasteiger charge is -2.29. The first-order valence-electron chi connectivity index (χ1n) is 6.33. The minimum absolute atomic E-state index is 0.0628. The van der Waals surface area contributed by atoms with Crippen molar-refractivity contribution in [3.63, 3.8) is 0 Å². The van der Waals surface area contributed by atoms with Crippen LogP contribution in [0.25, 0.3) is 0 Å². The third kappa shape index (κ3) is 5.27. The lowest BCUT2D eigenvalue weighted by atomic mass is 9.94. The van der Waals surface area contributed by atoms with Gasteiger partial charge in [-0.1, -0.05) is 6.42 Å². The van der Waals surface area contributed by atoms with E-state index in [1.807, 2.05) is 11.8 Å². The summed E-state index contributed by atoms with van der Waals surface area (Å²) in [6.45, 7) is 0. The van der Waals surface area contributed by atoms with Crippen LogP contribution in [0.5, 0.6) is 0 Å². The molecule has 0 saturated heterocycles. The summed E-state index contributed by atoms with van der Waals surface area (Å²) in [7, 11) is 0. The number of hydrogen-bond acceptors (Lipinski definition) is 4. The maximum atomic E-state index is 11.8. The fourth-order valence-corrected chi connectivity index (χ4v) is 3.04. The Morgan fingerprint density at radius 2 is 2.22 bits per heavy atom. The van der Waals surface area contributed by atoms with E-state index in [1.165, 1.54) is 6.42 Å². The smallest absolute Gasteiger partial charge is 0.303 e. The first kappa shape index (κ1) is 15.3. The van der Waals surface area contributed by atoms with Gasteiger partial charge >= 0.3 is 5.97 Å². The number of hydrogen-bond donors (Lipinski definition) is 3. The van der Waals surface area contributed by atoms with Crippen molar-refractivity contribution in [2.45, 2.75) is 55.9 Å². The van der Waals surface area contributed by atoms with E-state index in [-0.39, 0.29) is 24.8 Å². The number of carboxylic acids is 1. The Morgan fingerprint density at radius 3 is 2.83 bits per heavy atom. The predicted octanol–water partition coefficient (Wildman–Crippen LogP) is 0.969. The van der Waals surface area contributed by atoms with Crippen LogP contribution in [0, 0.1) is 0 Å². The van der Waals surface area contributed by atoms with Crippen LogP contribution >= 0.6 is 11.8 Å². The Kier molecular flexibility index (Phi) is 6.49. The molecule has 6 heteroatoms. The average Bonchev–Trinajstić information content (AvgIpc) is 2.36. The maximum absolute atomic E-state index is 11.8.